The van der Waals surface area contributed by atoms with Crippen LogP contribution in [0.25, 0.3) is 0 Å². The van der Waals surface area contributed by atoms with Gasteiger partial charge >= 0.3 is 6.09 Å². The molecule has 0 aliphatic rings. The third-order valence-corrected chi connectivity index (χ3v) is 2.69. The van der Waals surface area contributed by atoms with Crippen LogP contribution in [0.2, 0.25) is 0 Å². The van der Waals surface area contributed by atoms with Gasteiger partial charge in [-0.05, 0) is 27.2 Å². The quantitative estimate of drug-likeness (QED) is 0.705. The Balaban J connectivity index is 4.12. The SMILES string of the molecule is CC(C)(C)N(CCCNS(C)(=O)=O)C(=O)O. The van der Waals surface area contributed by atoms with Crippen LogP contribution in [0.5, 0.6) is 0 Å². The molecule has 0 spiro atoms. The molecule has 0 aromatic heterocycles. The van der Waals surface area contributed by atoms with E-state index in [2.05, 4.69) is 4.72 Å². The molecule has 6 nitrogen and oxygen atoms in total. The monoisotopic (exact) mass is 252 g/mol. The van der Waals surface area contributed by atoms with Crippen LogP contribution in [0.1, 0.15) is 27.2 Å². The van der Waals surface area contributed by atoms with Gasteiger partial charge in [0.05, 0.1) is 6.26 Å². The molecule has 0 aromatic carbocycles. The van der Waals surface area contributed by atoms with Crippen molar-refractivity contribution >= 4 is 16.1 Å². The van der Waals surface area contributed by atoms with Crippen molar-refractivity contribution in [2.75, 3.05) is 19.3 Å². The van der Waals surface area contributed by atoms with Gasteiger partial charge in [0.1, 0.15) is 0 Å². The van der Waals surface area contributed by atoms with Gasteiger partial charge in [0.15, 0.2) is 0 Å². The van der Waals surface area contributed by atoms with E-state index in [-0.39, 0.29) is 6.54 Å². The molecule has 0 aliphatic carbocycles. The summed E-state index contributed by atoms with van der Waals surface area (Å²) in [7, 11) is -3.19. The Morgan fingerprint density at radius 2 is 1.88 bits per heavy atom. The fourth-order valence-electron chi connectivity index (χ4n) is 1.21. The zero-order valence-corrected chi connectivity index (χ0v) is 11.0. The summed E-state index contributed by atoms with van der Waals surface area (Å²) in [5.41, 5.74) is -0.475. The Bertz CT molecular complexity index is 332. The lowest BCUT2D eigenvalue weighted by molar-refractivity contribution is 0.0998. The van der Waals surface area contributed by atoms with Gasteiger partial charge in [-0.15, -0.1) is 0 Å². The molecular weight excluding hydrogens is 232 g/mol. The van der Waals surface area contributed by atoms with Crippen LogP contribution in [-0.4, -0.2) is 49.4 Å². The van der Waals surface area contributed by atoms with Gasteiger partial charge in [0.2, 0.25) is 10.0 Å². The molecule has 0 unspecified atom stereocenters. The van der Waals surface area contributed by atoms with Gasteiger partial charge < -0.3 is 10.0 Å². The van der Waals surface area contributed by atoms with E-state index >= 15 is 0 Å². The fourth-order valence-corrected chi connectivity index (χ4v) is 1.73. The number of rotatable bonds is 5. The zero-order valence-electron chi connectivity index (χ0n) is 10.1. The minimum absolute atomic E-state index is 0.249. The van der Waals surface area contributed by atoms with Gasteiger partial charge in [-0.3, -0.25) is 0 Å². The summed E-state index contributed by atoms with van der Waals surface area (Å²) < 4.78 is 23.9. The van der Waals surface area contributed by atoms with E-state index in [0.29, 0.717) is 13.0 Å². The number of nitrogens with zero attached hydrogens (tertiary/aromatic N) is 1. The number of carboxylic acid groups (broad SMARTS) is 1. The number of sulfonamides is 1. The lowest BCUT2D eigenvalue weighted by atomic mass is 10.1. The van der Waals surface area contributed by atoms with Crippen molar-refractivity contribution < 1.29 is 18.3 Å². The average molecular weight is 252 g/mol. The van der Waals surface area contributed by atoms with E-state index in [9.17, 15) is 13.2 Å². The summed E-state index contributed by atoms with van der Waals surface area (Å²) >= 11 is 0. The predicted octanol–water partition coefficient (Wildman–Crippen LogP) is 0.704. The maximum atomic E-state index is 10.9. The van der Waals surface area contributed by atoms with Crippen LogP contribution in [-0.2, 0) is 10.0 Å². The molecule has 0 bridgehead atoms. The highest BCUT2D eigenvalue weighted by atomic mass is 32.2. The summed E-state index contributed by atoms with van der Waals surface area (Å²) in [6, 6.07) is 0. The van der Waals surface area contributed by atoms with E-state index in [0.717, 1.165) is 6.26 Å². The first-order valence-electron chi connectivity index (χ1n) is 4.99. The Morgan fingerprint density at radius 3 is 2.19 bits per heavy atom. The second-order valence-corrected chi connectivity index (χ2v) is 6.46. The molecular formula is C9H20N2O4S. The van der Waals surface area contributed by atoms with Crippen LogP contribution in [0, 0.1) is 0 Å². The Kier molecular flexibility index (Phi) is 5.21. The second kappa shape index (κ2) is 5.49. The van der Waals surface area contributed by atoms with E-state index in [1.807, 2.05) is 0 Å². The fraction of sp³-hybridized carbons (Fsp3) is 0.889. The van der Waals surface area contributed by atoms with Gasteiger partial charge in [-0.25, -0.2) is 17.9 Å². The second-order valence-electron chi connectivity index (χ2n) is 4.63. The normalized spacial score (nSPS) is 12.5. The van der Waals surface area contributed by atoms with Gasteiger partial charge in [-0.2, -0.15) is 0 Å². The lowest BCUT2D eigenvalue weighted by Crippen LogP contribution is -2.46. The molecule has 0 aromatic rings. The predicted molar refractivity (Wildman–Crippen MR) is 61.9 cm³/mol. The Labute approximate surface area is 96.7 Å². The molecule has 7 heteroatoms. The summed E-state index contributed by atoms with van der Waals surface area (Å²) in [5, 5.41) is 8.96. The summed E-state index contributed by atoms with van der Waals surface area (Å²) in [6.07, 6.45) is 0.536. The summed E-state index contributed by atoms with van der Waals surface area (Å²) in [4.78, 5) is 12.2. The summed E-state index contributed by atoms with van der Waals surface area (Å²) in [6.45, 7) is 5.95. The minimum atomic E-state index is -3.19. The van der Waals surface area contributed by atoms with Crippen LogP contribution in [0.3, 0.4) is 0 Å². The van der Waals surface area contributed by atoms with Gasteiger partial charge in [-0.1, -0.05) is 0 Å². The van der Waals surface area contributed by atoms with E-state index in [4.69, 9.17) is 5.11 Å². The van der Waals surface area contributed by atoms with Crippen molar-refractivity contribution in [3.63, 3.8) is 0 Å². The number of hydrogen-bond donors (Lipinski definition) is 2. The molecule has 0 saturated heterocycles. The third-order valence-electron chi connectivity index (χ3n) is 1.96. The van der Waals surface area contributed by atoms with Gasteiger partial charge in [0.25, 0.3) is 0 Å². The van der Waals surface area contributed by atoms with E-state index in [1.165, 1.54) is 4.90 Å². The minimum Gasteiger partial charge on any atom is -0.465 e. The average Bonchev–Trinajstić information content (AvgIpc) is 1.97. The number of carbonyl (C=O) groups is 1. The van der Waals surface area contributed by atoms with Crippen molar-refractivity contribution in [2.45, 2.75) is 32.7 Å². The molecule has 0 radical (unpaired) electrons. The molecule has 0 fully saturated rings. The standard InChI is InChI=1S/C9H20N2O4S/c1-9(2,3)11(8(12)13)7-5-6-10-16(4,14)15/h10H,5-7H2,1-4H3,(H,12,13). The molecule has 1 amide bonds. The molecule has 0 aliphatic heterocycles. The highest BCUT2D eigenvalue weighted by Crippen LogP contribution is 2.13. The molecule has 96 valence electrons. The Hall–Kier alpha value is -0.820. The topological polar surface area (TPSA) is 86.7 Å². The van der Waals surface area contributed by atoms with Crippen LogP contribution < -0.4 is 4.72 Å². The largest absolute Gasteiger partial charge is 0.465 e. The smallest absolute Gasteiger partial charge is 0.407 e. The number of amides is 1. The summed E-state index contributed by atoms with van der Waals surface area (Å²) in [5.74, 6) is 0. The van der Waals surface area contributed by atoms with Crippen LogP contribution in [0.15, 0.2) is 0 Å². The van der Waals surface area contributed by atoms with Gasteiger partial charge in [0, 0.05) is 18.6 Å². The highest BCUT2D eigenvalue weighted by Gasteiger charge is 2.25. The van der Waals surface area contributed by atoms with Crippen molar-refractivity contribution in [3.05, 3.63) is 0 Å². The molecule has 0 heterocycles. The van der Waals surface area contributed by atoms with Crippen molar-refractivity contribution in [1.29, 1.82) is 0 Å². The van der Waals surface area contributed by atoms with Crippen LogP contribution >= 0.6 is 0 Å². The number of nitrogens with one attached hydrogen (secondary N) is 1. The first kappa shape index (κ1) is 15.2. The molecule has 2 N–H and O–H groups in total. The van der Waals surface area contributed by atoms with Crippen molar-refractivity contribution in [3.8, 4) is 0 Å². The maximum absolute atomic E-state index is 10.9. The highest BCUT2D eigenvalue weighted by molar-refractivity contribution is 7.88. The van der Waals surface area contributed by atoms with E-state index < -0.39 is 21.7 Å². The number of hydrogen-bond acceptors (Lipinski definition) is 3. The molecule has 0 saturated carbocycles. The van der Waals surface area contributed by atoms with Crippen molar-refractivity contribution in [1.82, 2.24) is 9.62 Å². The molecule has 0 atom stereocenters. The Morgan fingerprint density at radius 1 is 1.38 bits per heavy atom. The zero-order chi connectivity index (χ0) is 13.0. The third kappa shape index (κ3) is 6.62. The van der Waals surface area contributed by atoms with Crippen LogP contribution in [0.4, 0.5) is 4.79 Å². The lowest BCUT2D eigenvalue weighted by Gasteiger charge is -2.33. The molecule has 16 heavy (non-hydrogen) atoms. The first-order chi connectivity index (χ1) is 7.04. The van der Waals surface area contributed by atoms with Crippen molar-refractivity contribution in [2.24, 2.45) is 0 Å². The first-order valence-corrected chi connectivity index (χ1v) is 6.88. The van der Waals surface area contributed by atoms with E-state index in [1.54, 1.807) is 20.8 Å². The molecule has 0 rings (SSSR count). The maximum Gasteiger partial charge on any atom is 0.407 e.